The molecule has 0 aliphatic carbocycles. The molecule has 0 radical (unpaired) electrons. The average molecular weight is 330 g/mol. The lowest BCUT2D eigenvalue weighted by atomic mass is 9.90. The first-order valence-electron chi connectivity index (χ1n) is 7.58. The predicted molar refractivity (Wildman–Crippen MR) is 87.1 cm³/mol. The number of rotatable bonds is 4. The van der Waals surface area contributed by atoms with Crippen LogP contribution in [0.5, 0.6) is 0 Å². The summed E-state index contributed by atoms with van der Waals surface area (Å²) in [5, 5.41) is 0. The quantitative estimate of drug-likeness (QED) is 0.791. The van der Waals surface area contributed by atoms with Gasteiger partial charge in [0.2, 0.25) is 10.0 Å². The molecule has 0 saturated carbocycles. The maximum Gasteiger partial charge on any atom is 0.243 e. The molecule has 3 nitrogen and oxygen atoms in total. The topological polar surface area (TPSA) is 37.4 Å². The smallest absolute Gasteiger partial charge is 0.207 e. The SMILES string of the molecule is CCc1ccc(S(=O)(=O)N2CCC(C)C(C)C2)cc1CCl. The molecule has 2 rings (SSSR count). The van der Waals surface area contributed by atoms with Crippen LogP contribution in [-0.4, -0.2) is 25.8 Å². The fourth-order valence-corrected chi connectivity index (χ4v) is 4.68. The Morgan fingerprint density at radius 3 is 2.52 bits per heavy atom. The van der Waals surface area contributed by atoms with Crippen LogP contribution in [0.15, 0.2) is 23.1 Å². The van der Waals surface area contributed by atoms with Gasteiger partial charge in [0.15, 0.2) is 0 Å². The van der Waals surface area contributed by atoms with Crippen LogP contribution < -0.4 is 0 Å². The summed E-state index contributed by atoms with van der Waals surface area (Å²) in [7, 11) is -3.40. The number of alkyl halides is 1. The Morgan fingerprint density at radius 1 is 1.24 bits per heavy atom. The highest BCUT2D eigenvalue weighted by Gasteiger charge is 2.31. The molecule has 5 heteroatoms. The number of halogens is 1. The van der Waals surface area contributed by atoms with Gasteiger partial charge in [0, 0.05) is 19.0 Å². The van der Waals surface area contributed by atoms with Gasteiger partial charge in [-0.05, 0) is 47.9 Å². The van der Waals surface area contributed by atoms with Crippen LogP contribution in [-0.2, 0) is 22.3 Å². The van der Waals surface area contributed by atoms with Crippen LogP contribution in [0.25, 0.3) is 0 Å². The molecule has 2 atom stereocenters. The minimum atomic E-state index is -3.40. The molecule has 0 aromatic heterocycles. The maximum atomic E-state index is 12.8. The van der Waals surface area contributed by atoms with Gasteiger partial charge in [-0.15, -0.1) is 11.6 Å². The molecule has 118 valence electrons. The Hall–Kier alpha value is -0.580. The van der Waals surface area contributed by atoms with Gasteiger partial charge in [0.05, 0.1) is 4.90 Å². The summed E-state index contributed by atoms with van der Waals surface area (Å²) >= 11 is 5.95. The molecular formula is C16H24ClNO2S. The minimum Gasteiger partial charge on any atom is -0.207 e. The number of sulfonamides is 1. The van der Waals surface area contributed by atoms with E-state index in [4.69, 9.17) is 11.6 Å². The molecule has 0 amide bonds. The third kappa shape index (κ3) is 3.43. The van der Waals surface area contributed by atoms with E-state index >= 15 is 0 Å². The highest BCUT2D eigenvalue weighted by Crippen LogP contribution is 2.28. The van der Waals surface area contributed by atoms with Crippen molar-refractivity contribution in [1.29, 1.82) is 0 Å². The third-order valence-corrected chi connectivity index (χ3v) is 6.79. The van der Waals surface area contributed by atoms with Crippen LogP contribution in [0.2, 0.25) is 0 Å². The van der Waals surface area contributed by atoms with Crippen molar-refractivity contribution in [3.05, 3.63) is 29.3 Å². The summed E-state index contributed by atoms with van der Waals surface area (Å²) in [6, 6.07) is 5.34. The van der Waals surface area contributed by atoms with E-state index in [9.17, 15) is 8.42 Å². The van der Waals surface area contributed by atoms with Crippen LogP contribution in [0.3, 0.4) is 0 Å². The first-order chi connectivity index (χ1) is 9.90. The van der Waals surface area contributed by atoms with Gasteiger partial charge in [-0.3, -0.25) is 0 Å². The lowest BCUT2D eigenvalue weighted by Gasteiger charge is -2.34. The molecule has 1 heterocycles. The van der Waals surface area contributed by atoms with E-state index in [0.717, 1.165) is 24.0 Å². The molecular weight excluding hydrogens is 306 g/mol. The number of piperidine rings is 1. The second kappa shape index (κ2) is 6.67. The highest BCUT2D eigenvalue weighted by atomic mass is 35.5. The molecule has 1 aromatic rings. The van der Waals surface area contributed by atoms with Gasteiger partial charge in [-0.25, -0.2) is 8.42 Å². The minimum absolute atomic E-state index is 0.347. The van der Waals surface area contributed by atoms with Crippen molar-refractivity contribution in [2.75, 3.05) is 13.1 Å². The molecule has 1 aliphatic heterocycles. The number of nitrogens with zero attached hydrogens (tertiary/aromatic N) is 1. The van der Waals surface area contributed by atoms with Crippen molar-refractivity contribution in [3.8, 4) is 0 Å². The number of aryl methyl sites for hydroxylation is 1. The molecule has 2 unspecified atom stereocenters. The lowest BCUT2D eigenvalue weighted by molar-refractivity contribution is 0.212. The van der Waals surface area contributed by atoms with Crippen molar-refractivity contribution in [1.82, 2.24) is 4.31 Å². The monoisotopic (exact) mass is 329 g/mol. The van der Waals surface area contributed by atoms with Crippen molar-refractivity contribution in [3.63, 3.8) is 0 Å². The molecule has 1 aliphatic rings. The number of benzene rings is 1. The van der Waals surface area contributed by atoms with E-state index in [1.165, 1.54) is 0 Å². The fraction of sp³-hybridized carbons (Fsp3) is 0.625. The van der Waals surface area contributed by atoms with Gasteiger partial charge < -0.3 is 0 Å². The fourth-order valence-electron chi connectivity index (χ4n) is 2.82. The summed E-state index contributed by atoms with van der Waals surface area (Å²) in [6.45, 7) is 7.58. The van der Waals surface area contributed by atoms with Gasteiger partial charge in [0.25, 0.3) is 0 Å². The zero-order valence-electron chi connectivity index (χ0n) is 13.0. The molecule has 0 N–H and O–H groups in total. The molecule has 1 fully saturated rings. The van der Waals surface area contributed by atoms with E-state index in [1.807, 2.05) is 13.0 Å². The Labute approximate surface area is 133 Å². The highest BCUT2D eigenvalue weighted by molar-refractivity contribution is 7.89. The van der Waals surface area contributed by atoms with E-state index in [2.05, 4.69) is 13.8 Å². The van der Waals surface area contributed by atoms with E-state index < -0.39 is 10.0 Å². The van der Waals surface area contributed by atoms with Crippen LogP contribution in [0, 0.1) is 11.8 Å². The largest absolute Gasteiger partial charge is 0.243 e. The van der Waals surface area contributed by atoms with Gasteiger partial charge in [0.1, 0.15) is 0 Å². The molecule has 0 spiro atoms. The van der Waals surface area contributed by atoms with Crippen molar-refractivity contribution < 1.29 is 8.42 Å². The van der Waals surface area contributed by atoms with E-state index in [1.54, 1.807) is 16.4 Å². The Morgan fingerprint density at radius 2 is 1.95 bits per heavy atom. The summed E-state index contributed by atoms with van der Waals surface area (Å²) in [6.07, 6.45) is 1.79. The van der Waals surface area contributed by atoms with Crippen molar-refractivity contribution in [2.24, 2.45) is 11.8 Å². The van der Waals surface area contributed by atoms with Crippen LogP contribution in [0.4, 0.5) is 0 Å². The third-order valence-electron chi connectivity index (χ3n) is 4.64. The average Bonchev–Trinajstić information content (AvgIpc) is 2.49. The predicted octanol–water partition coefficient (Wildman–Crippen LogP) is 3.65. The number of hydrogen-bond acceptors (Lipinski definition) is 2. The van der Waals surface area contributed by atoms with Crippen molar-refractivity contribution in [2.45, 2.75) is 44.4 Å². The maximum absolute atomic E-state index is 12.8. The van der Waals surface area contributed by atoms with E-state index in [0.29, 0.717) is 35.7 Å². The van der Waals surface area contributed by atoms with Crippen LogP contribution in [0.1, 0.15) is 38.3 Å². The zero-order chi connectivity index (χ0) is 15.6. The standard InChI is InChI=1S/C16H24ClNO2S/c1-4-14-5-6-16(9-15(14)10-17)21(19,20)18-8-7-12(2)13(3)11-18/h5-6,9,12-13H,4,7-8,10-11H2,1-3H3. The van der Waals surface area contributed by atoms with Gasteiger partial charge >= 0.3 is 0 Å². The molecule has 1 saturated heterocycles. The molecule has 0 bridgehead atoms. The van der Waals surface area contributed by atoms with Gasteiger partial charge in [-0.2, -0.15) is 4.31 Å². The Kier molecular flexibility index (Phi) is 5.33. The molecule has 21 heavy (non-hydrogen) atoms. The number of hydrogen-bond donors (Lipinski definition) is 0. The summed E-state index contributed by atoms with van der Waals surface area (Å²) in [4.78, 5) is 0.372. The van der Waals surface area contributed by atoms with E-state index in [-0.39, 0.29) is 0 Å². The normalized spacial score (nSPS) is 24.2. The Balaban J connectivity index is 2.31. The zero-order valence-corrected chi connectivity index (χ0v) is 14.5. The second-order valence-corrected chi connectivity index (χ2v) is 8.23. The first kappa shape index (κ1) is 16.8. The first-order valence-corrected chi connectivity index (χ1v) is 9.55. The molecule has 1 aromatic carbocycles. The summed E-state index contributed by atoms with van der Waals surface area (Å²) in [5.41, 5.74) is 2.03. The summed E-state index contributed by atoms with van der Waals surface area (Å²) in [5.74, 6) is 1.33. The van der Waals surface area contributed by atoms with Crippen LogP contribution >= 0.6 is 11.6 Å². The van der Waals surface area contributed by atoms with Gasteiger partial charge in [-0.1, -0.05) is 26.8 Å². The van der Waals surface area contributed by atoms with Crippen molar-refractivity contribution >= 4 is 21.6 Å². The second-order valence-electron chi connectivity index (χ2n) is 6.02. The Bertz CT molecular complexity index is 600. The summed E-state index contributed by atoms with van der Waals surface area (Å²) < 4.78 is 27.2. The lowest BCUT2D eigenvalue weighted by Crippen LogP contribution is -2.42.